The Labute approximate surface area is 150 Å². The van der Waals surface area contributed by atoms with Gasteiger partial charge in [-0.25, -0.2) is 8.42 Å². The fourth-order valence-electron chi connectivity index (χ4n) is 1.79. The number of rotatable bonds is 14. The smallest absolute Gasteiger partial charge is 0.220 e. The van der Waals surface area contributed by atoms with Crippen molar-refractivity contribution >= 4 is 33.4 Å². The monoisotopic (exact) mass is 380 g/mol. The molecular formula is C16H32N2O4S2. The highest BCUT2D eigenvalue weighted by Gasteiger charge is 2.04. The molecule has 0 aliphatic heterocycles. The molecule has 0 aromatic carbocycles. The van der Waals surface area contributed by atoms with Gasteiger partial charge in [0.25, 0.3) is 0 Å². The molecule has 0 bridgehead atoms. The Morgan fingerprint density at radius 3 is 2.08 bits per heavy atom. The summed E-state index contributed by atoms with van der Waals surface area (Å²) >= 11 is 1.56. The fourth-order valence-corrected chi connectivity index (χ4v) is 4.02. The highest BCUT2D eigenvalue weighted by Crippen LogP contribution is 2.05. The van der Waals surface area contributed by atoms with Gasteiger partial charge in [0, 0.05) is 37.9 Å². The summed E-state index contributed by atoms with van der Waals surface area (Å²) in [5, 5.41) is 5.67. The molecule has 0 unspecified atom stereocenters. The summed E-state index contributed by atoms with van der Waals surface area (Å²) < 4.78 is 21.9. The van der Waals surface area contributed by atoms with E-state index in [1.165, 1.54) is 6.26 Å². The summed E-state index contributed by atoms with van der Waals surface area (Å²) in [6.45, 7) is 5.32. The second kappa shape index (κ2) is 13.5. The van der Waals surface area contributed by atoms with Crippen molar-refractivity contribution in [2.45, 2.75) is 46.0 Å². The van der Waals surface area contributed by atoms with E-state index in [0.29, 0.717) is 37.6 Å². The van der Waals surface area contributed by atoms with Gasteiger partial charge in [-0.2, -0.15) is 11.8 Å². The van der Waals surface area contributed by atoms with Gasteiger partial charge in [-0.1, -0.05) is 13.8 Å². The zero-order valence-electron chi connectivity index (χ0n) is 15.1. The minimum Gasteiger partial charge on any atom is -0.356 e. The van der Waals surface area contributed by atoms with Gasteiger partial charge >= 0.3 is 0 Å². The SMILES string of the molecule is CC(C)CCC(=O)NCCCNC(=O)CCCSCCS(C)(=O)=O. The van der Waals surface area contributed by atoms with Gasteiger partial charge in [0.2, 0.25) is 11.8 Å². The summed E-state index contributed by atoms with van der Waals surface area (Å²) in [5.41, 5.74) is 0. The van der Waals surface area contributed by atoms with E-state index in [4.69, 9.17) is 0 Å². The molecule has 0 aromatic rings. The van der Waals surface area contributed by atoms with Gasteiger partial charge in [0.1, 0.15) is 9.84 Å². The maximum Gasteiger partial charge on any atom is 0.220 e. The molecule has 0 atom stereocenters. The number of hydrogen-bond acceptors (Lipinski definition) is 5. The zero-order valence-corrected chi connectivity index (χ0v) is 16.7. The van der Waals surface area contributed by atoms with Crippen molar-refractivity contribution in [3.05, 3.63) is 0 Å². The van der Waals surface area contributed by atoms with Gasteiger partial charge in [0.05, 0.1) is 5.75 Å². The molecule has 0 rings (SSSR count). The Morgan fingerprint density at radius 2 is 1.54 bits per heavy atom. The minimum atomic E-state index is -2.89. The van der Waals surface area contributed by atoms with Crippen LogP contribution in [-0.4, -0.2) is 56.8 Å². The molecular weight excluding hydrogens is 348 g/mol. The first-order chi connectivity index (χ1) is 11.2. The highest BCUT2D eigenvalue weighted by atomic mass is 32.2. The molecule has 24 heavy (non-hydrogen) atoms. The predicted octanol–water partition coefficient (Wildman–Crippen LogP) is 1.60. The van der Waals surface area contributed by atoms with E-state index in [1.807, 2.05) is 0 Å². The largest absolute Gasteiger partial charge is 0.356 e. The standard InChI is InChI=1S/C16H32N2O4S2/c1-14(2)7-8-16(20)18-10-5-9-17-15(19)6-4-11-23-12-13-24(3,21)22/h14H,4-13H2,1-3H3,(H,17,19)(H,18,20). The van der Waals surface area contributed by atoms with Crippen LogP contribution in [0.3, 0.4) is 0 Å². The molecule has 142 valence electrons. The summed E-state index contributed by atoms with van der Waals surface area (Å²) in [5.74, 6) is 2.16. The van der Waals surface area contributed by atoms with E-state index >= 15 is 0 Å². The topological polar surface area (TPSA) is 92.3 Å². The zero-order chi connectivity index (χ0) is 18.4. The van der Waals surface area contributed by atoms with Crippen LogP contribution in [0.2, 0.25) is 0 Å². The van der Waals surface area contributed by atoms with Crippen LogP contribution in [0.15, 0.2) is 0 Å². The van der Waals surface area contributed by atoms with Crippen molar-refractivity contribution in [3.63, 3.8) is 0 Å². The average molecular weight is 381 g/mol. The molecule has 0 heterocycles. The number of sulfone groups is 1. The van der Waals surface area contributed by atoms with Crippen molar-refractivity contribution in [2.24, 2.45) is 5.92 Å². The van der Waals surface area contributed by atoms with Crippen LogP contribution in [0.1, 0.15) is 46.0 Å². The molecule has 0 aliphatic rings. The summed E-state index contributed by atoms with van der Waals surface area (Å²) in [7, 11) is -2.89. The van der Waals surface area contributed by atoms with Crippen LogP contribution in [0.4, 0.5) is 0 Å². The van der Waals surface area contributed by atoms with Crippen molar-refractivity contribution in [1.29, 1.82) is 0 Å². The Bertz CT molecular complexity index is 465. The normalized spacial score (nSPS) is 11.5. The third-order valence-electron chi connectivity index (χ3n) is 3.24. The molecule has 0 fully saturated rings. The van der Waals surface area contributed by atoms with Gasteiger partial charge in [0.15, 0.2) is 0 Å². The van der Waals surface area contributed by atoms with Crippen molar-refractivity contribution in [3.8, 4) is 0 Å². The van der Waals surface area contributed by atoms with Crippen LogP contribution in [-0.2, 0) is 19.4 Å². The predicted molar refractivity (Wildman–Crippen MR) is 101 cm³/mol. The van der Waals surface area contributed by atoms with E-state index in [0.717, 1.165) is 25.0 Å². The molecule has 0 spiro atoms. The van der Waals surface area contributed by atoms with Crippen LogP contribution in [0.5, 0.6) is 0 Å². The van der Waals surface area contributed by atoms with Crippen LogP contribution < -0.4 is 10.6 Å². The van der Waals surface area contributed by atoms with Crippen molar-refractivity contribution in [1.82, 2.24) is 10.6 Å². The van der Waals surface area contributed by atoms with E-state index in [-0.39, 0.29) is 17.6 Å². The number of thioether (sulfide) groups is 1. The van der Waals surface area contributed by atoms with Gasteiger partial charge in [-0.15, -0.1) is 0 Å². The van der Waals surface area contributed by atoms with E-state index in [1.54, 1.807) is 11.8 Å². The molecule has 0 radical (unpaired) electrons. The lowest BCUT2D eigenvalue weighted by atomic mass is 10.1. The molecule has 2 amide bonds. The number of carbonyl (C=O) groups is 2. The molecule has 0 saturated carbocycles. The second-order valence-electron chi connectivity index (χ2n) is 6.33. The maximum absolute atomic E-state index is 11.6. The Hall–Kier alpha value is -0.760. The highest BCUT2D eigenvalue weighted by molar-refractivity contribution is 8.00. The number of amides is 2. The average Bonchev–Trinajstić information content (AvgIpc) is 2.47. The second-order valence-corrected chi connectivity index (χ2v) is 9.82. The lowest BCUT2D eigenvalue weighted by Crippen LogP contribution is -2.29. The van der Waals surface area contributed by atoms with Crippen LogP contribution in [0.25, 0.3) is 0 Å². The number of carbonyl (C=O) groups excluding carboxylic acids is 2. The summed E-state index contributed by atoms with van der Waals surface area (Å²) in [6.07, 6.45) is 4.60. The van der Waals surface area contributed by atoms with Crippen molar-refractivity contribution < 1.29 is 18.0 Å². The van der Waals surface area contributed by atoms with Crippen LogP contribution >= 0.6 is 11.8 Å². The summed E-state index contributed by atoms with van der Waals surface area (Å²) in [4.78, 5) is 23.1. The lowest BCUT2D eigenvalue weighted by Gasteiger charge is -2.08. The van der Waals surface area contributed by atoms with Gasteiger partial charge in [-0.3, -0.25) is 9.59 Å². The first kappa shape index (κ1) is 23.2. The molecule has 6 nitrogen and oxygen atoms in total. The third-order valence-corrected chi connectivity index (χ3v) is 5.51. The summed E-state index contributed by atoms with van der Waals surface area (Å²) in [6, 6.07) is 0. The quantitative estimate of drug-likeness (QED) is 0.447. The van der Waals surface area contributed by atoms with Gasteiger partial charge < -0.3 is 10.6 Å². The van der Waals surface area contributed by atoms with E-state index in [2.05, 4.69) is 24.5 Å². The Balaban J connectivity index is 3.42. The Morgan fingerprint density at radius 1 is 0.958 bits per heavy atom. The number of hydrogen-bond donors (Lipinski definition) is 2. The minimum absolute atomic E-state index is 0.00449. The number of nitrogens with one attached hydrogen (secondary N) is 2. The maximum atomic E-state index is 11.6. The van der Waals surface area contributed by atoms with E-state index < -0.39 is 9.84 Å². The van der Waals surface area contributed by atoms with Crippen LogP contribution in [0, 0.1) is 5.92 Å². The molecule has 0 saturated heterocycles. The van der Waals surface area contributed by atoms with E-state index in [9.17, 15) is 18.0 Å². The molecule has 2 N–H and O–H groups in total. The molecule has 8 heteroatoms. The first-order valence-electron chi connectivity index (χ1n) is 8.49. The Kier molecular flexibility index (Phi) is 13.1. The lowest BCUT2D eigenvalue weighted by molar-refractivity contribution is -0.121. The molecule has 0 aromatic heterocycles. The third kappa shape index (κ3) is 17.6. The van der Waals surface area contributed by atoms with Crippen molar-refractivity contribution in [2.75, 3.05) is 36.6 Å². The first-order valence-corrected chi connectivity index (χ1v) is 11.7. The molecule has 0 aliphatic carbocycles. The fraction of sp³-hybridized carbons (Fsp3) is 0.875. The van der Waals surface area contributed by atoms with Gasteiger partial charge in [-0.05, 0) is 30.9 Å².